The Labute approximate surface area is 129 Å². The van der Waals surface area contributed by atoms with Crippen molar-refractivity contribution in [2.75, 3.05) is 11.4 Å². The Bertz CT molecular complexity index is 814. The minimum atomic E-state index is -3.86. The Kier molecular flexibility index (Phi) is 4.23. The van der Waals surface area contributed by atoms with E-state index in [1.165, 1.54) is 13.1 Å². The molecule has 2 aromatic carbocycles. The number of sulfonamides is 1. The molecule has 0 amide bonds. The van der Waals surface area contributed by atoms with Gasteiger partial charge in [0.15, 0.2) is 0 Å². The molecule has 0 atom stereocenters. The minimum absolute atomic E-state index is 0.0296. The fourth-order valence-corrected chi connectivity index (χ4v) is 3.66. The van der Waals surface area contributed by atoms with E-state index in [1.807, 2.05) is 0 Å². The van der Waals surface area contributed by atoms with Crippen LogP contribution in [0.1, 0.15) is 21.5 Å². The largest absolute Gasteiger partial charge is 0.545 e. The molecule has 2 rings (SSSR count). The van der Waals surface area contributed by atoms with E-state index in [0.717, 1.165) is 10.4 Å². The maximum absolute atomic E-state index is 12.8. The van der Waals surface area contributed by atoms with Gasteiger partial charge >= 0.3 is 0 Å². The molecular weight excluding hydrogens is 302 g/mol. The number of aromatic carboxylic acids is 1. The number of hydrogen-bond acceptors (Lipinski definition) is 4. The Morgan fingerprint density at radius 3 is 2.23 bits per heavy atom. The van der Waals surface area contributed by atoms with E-state index in [9.17, 15) is 18.3 Å². The summed E-state index contributed by atoms with van der Waals surface area (Å²) >= 11 is 0. The molecular formula is C16H16NO4S-. The van der Waals surface area contributed by atoms with Crippen LogP contribution in [0.5, 0.6) is 0 Å². The molecule has 0 aliphatic heterocycles. The molecule has 0 saturated carbocycles. The summed E-state index contributed by atoms with van der Waals surface area (Å²) in [6, 6.07) is 11.1. The van der Waals surface area contributed by atoms with Gasteiger partial charge in [-0.25, -0.2) is 8.42 Å². The molecule has 5 nitrogen and oxygen atoms in total. The van der Waals surface area contributed by atoms with Gasteiger partial charge in [0.1, 0.15) is 0 Å². The van der Waals surface area contributed by atoms with Crippen LogP contribution in [-0.4, -0.2) is 21.4 Å². The van der Waals surface area contributed by atoms with E-state index in [-0.39, 0.29) is 10.5 Å². The molecule has 0 radical (unpaired) electrons. The fourth-order valence-electron chi connectivity index (χ4n) is 2.14. The van der Waals surface area contributed by atoms with Crippen molar-refractivity contribution in [1.29, 1.82) is 0 Å². The summed E-state index contributed by atoms with van der Waals surface area (Å²) in [4.78, 5) is 11.0. The Balaban J connectivity index is 2.61. The second kappa shape index (κ2) is 5.81. The first kappa shape index (κ1) is 16.0. The predicted octanol–water partition coefficient (Wildman–Crippen LogP) is 1.49. The lowest BCUT2D eigenvalue weighted by atomic mass is 10.1. The Morgan fingerprint density at radius 2 is 1.68 bits per heavy atom. The van der Waals surface area contributed by atoms with Gasteiger partial charge in [0, 0.05) is 7.05 Å². The van der Waals surface area contributed by atoms with Gasteiger partial charge in [-0.3, -0.25) is 4.31 Å². The van der Waals surface area contributed by atoms with Gasteiger partial charge in [-0.1, -0.05) is 18.2 Å². The van der Waals surface area contributed by atoms with Gasteiger partial charge in [-0.05, 0) is 54.8 Å². The van der Waals surface area contributed by atoms with Gasteiger partial charge in [-0.15, -0.1) is 0 Å². The molecule has 0 saturated heterocycles. The second-order valence-electron chi connectivity index (χ2n) is 5.01. The van der Waals surface area contributed by atoms with Crippen molar-refractivity contribution in [2.45, 2.75) is 18.7 Å². The molecule has 0 aliphatic carbocycles. The smallest absolute Gasteiger partial charge is 0.264 e. The standard InChI is InChI=1S/C16H17NO4S/c1-11-9-13(16(18)19)10-15(12(11)2)22(20,21)17(3)14-7-5-4-6-8-14/h4-10H,1-3H3,(H,18,19)/p-1. The molecule has 22 heavy (non-hydrogen) atoms. The molecule has 0 spiro atoms. The number of rotatable bonds is 4. The van der Waals surface area contributed by atoms with Gasteiger partial charge in [-0.2, -0.15) is 0 Å². The lowest BCUT2D eigenvalue weighted by Gasteiger charge is -2.22. The Morgan fingerprint density at radius 1 is 1.09 bits per heavy atom. The average molecular weight is 318 g/mol. The number of carboxylic acids is 1. The van der Waals surface area contributed by atoms with Crippen molar-refractivity contribution >= 4 is 21.7 Å². The molecule has 0 fully saturated rings. The van der Waals surface area contributed by atoms with E-state index in [0.29, 0.717) is 16.8 Å². The third-order valence-electron chi connectivity index (χ3n) is 3.61. The summed E-state index contributed by atoms with van der Waals surface area (Å²) in [5, 5.41) is 11.1. The van der Waals surface area contributed by atoms with Crippen molar-refractivity contribution in [3.8, 4) is 0 Å². The molecule has 0 unspecified atom stereocenters. The van der Waals surface area contributed by atoms with Crippen LogP contribution in [0, 0.1) is 13.8 Å². The van der Waals surface area contributed by atoms with Gasteiger partial charge in [0.25, 0.3) is 10.0 Å². The molecule has 0 bridgehead atoms. The van der Waals surface area contributed by atoms with Crippen LogP contribution < -0.4 is 9.41 Å². The van der Waals surface area contributed by atoms with Crippen molar-refractivity contribution in [3.63, 3.8) is 0 Å². The van der Waals surface area contributed by atoms with Crippen LogP contribution in [0.3, 0.4) is 0 Å². The summed E-state index contributed by atoms with van der Waals surface area (Å²) in [5.74, 6) is -1.40. The van der Waals surface area contributed by atoms with Crippen LogP contribution in [-0.2, 0) is 10.0 Å². The molecule has 0 aliphatic rings. The topological polar surface area (TPSA) is 77.5 Å². The summed E-state index contributed by atoms with van der Waals surface area (Å²) in [6.45, 7) is 3.32. The fraction of sp³-hybridized carbons (Fsp3) is 0.188. The normalized spacial score (nSPS) is 11.2. The number of anilines is 1. The lowest BCUT2D eigenvalue weighted by molar-refractivity contribution is -0.255. The summed E-state index contributed by atoms with van der Waals surface area (Å²) in [7, 11) is -2.42. The van der Waals surface area contributed by atoms with Crippen LogP contribution in [0.2, 0.25) is 0 Å². The van der Waals surface area contributed by atoms with Gasteiger partial charge < -0.3 is 9.90 Å². The van der Waals surface area contributed by atoms with E-state index in [4.69, 9.17) is 0 Å². The SMILES string of the molecule is Cc1cc(C(=O)[O-])cc(S(=O)(=O)N(C)c2ccccc2)c1C. The van der Waals surface area contributed by atoms with Gasteiger partial charge in [0.2, 0.25) is 0 Å². The van der Waals surface area contributed by atoms with Crippen molar-refractivity contribution < 1.29 is 18.3 Å². The zero-order chi connectivity index (χ0) is 16.5. The van der Waals surface area contributed by atoms with Crippen LogP contribution in [0.4, 0.5) is 5.69 Å². The lowest BCUT2D eigenvalue weighted by Crippen LogP contribution is -2.28. The molecule has 0 heterocycles. The minimum Gasteiger partial charge on any atom is -0.545 e. The summed E-state index contributed by atoms with van der Waals surface area (Å²) < 4.78 is 26.7. The molecule has 0 aromatic heterocycles. The maximum atomic E-state index is 12.8. The van der Waals surface area contributed by atoms with Crippen LogP contribution in [0.15, 0.2) is 47.4 Å². The Hall–Kier alpha value is -2.34. The first-order valence-electron chi connectivity index (χ1n) is 6.61. The van der Waals surface area contributed by atoms with E-state index in [2.05, 4.69) is 0 Å². The first-order valence-corrected chi connectivity index (χ1v) is 8.05. The third kappa shape index (κ3) is 2.82. The highest BCUT2D eigenvalue weighted by Crippen LogP contribution is 2.26. The number of carbonyl (C=O) groups excluding carboxylic acids is 1. The zero-order valence-electron chi connectivity index (χ0n) is 12.5. The highest BCUT2D eigenvalue weighted by atomic mass is 32.2. The number of aryl methyl sites for hydroxylation is 1. The third-order valence-corrected chi connectivity index (χ3v) is 5.53. The average Bonchev–Trinajstić information content (AvgIpc) is 2.49. The number of benzene rings is 2. The molecule has 6 heteroatoms. The van der Waals surface area contributed by atoms with Crippen molar-refractivity contribution in [3.05, 3.63) is 59.2 Å². The van der Waals surface area contributed by atoms with E-state index in [1.54, 1.807) is 44.2 Å². The van der Waals surface area contributed by atoms with E-state index < -0.39 is 16.0 Å². The number of para-hydroxylation sites is 1. The number of nitrogens with zero attached hydrogens (tertiary/aromatic N) is 1. The second-order valence-corrected chi connectivity index (χ2v) is 6.95. The highest BCUT2D eigenvalue weighted by molar-refractivity contribution is 7.92. The number of carboxylic acid groups (broad SMARTS) is 1. The quantitative estimate of drug-likeness (QED) is 0.856. The maximum Gasteiger partial charge on any atom is 0.264 e. The van der Waals surface area contributed by atoms with E-state index >= 15 is 0 Å². The number of hydrogen-bond donors (Lipinski definition) is 0. The highest BCUT2D eigenvalue weighted by Gasteiger charge is 2.24. The van der Waals surface area contributed by atoms with Crippen molar-refractivity contribution in [2.24, 2.45) is 0 Å². The zero-order valence-corrected chi connectivity index (χ0v) is 13.3. The van der Waals surface area contributed by atoms with Crippen molar-refractivity contribution in [1.82, 2.24) is 0 Å². The molecule has 0 N–H and O–H groups in total. The molecule has 2 aromatic rings. The van der Waals surface area contributed by atoms with Gasteiger partial charge in [0.05, 0.1) is 16.6 Å². The predicted molar refractivity (Wildman–Crippen MR) is 82.3 cm³/mol. The van der Waals surface area contributed by atoms with Crippen LogP contribution >= 0.6 is 0 Å². The summed E-state index contributed by atoms with van der Waals surface area (Å²) in [5.41, 5.74) is 1.45. The monoisotopic (exact) mass is 318 g/mol. The summed E-state index contributed by atoms with van der Waals surface area (Å²) in [6.07, 6.45) is 0. The molecule has 116 valence electrons. The first-order chi connectivity index (χ1) is 10.2. The van der Waals surface area contributed by atoms with Crippen LogP contribution in [0.25, 0.3) is 0 Å². The number of carbonyl (C=O) groups is 1.